The number of hydrogen-bond donors (Lipinski definition) is 1. The van der Waals surface area contributed by atoms with Crippen molar-refractivity contribution in [3.8, 4) is 0 Å². The average molecular weight is 250 g/mol. The second kappa shape index (κ2) is 4.40. The summed E-state index contributed by atoms with van der Waals surface area (Å²) < 4.78 is 4.65. The fourth-order valence-corrected chi connectivity index (χ4v) is 2.19. The minimum atomic E-state index is -0.369. The van der Waals surface area contributed by atoms with Gasteiger partial charge in [-0.3, -0.25) is 9.59 Å². The minimum Gasteiger partial charge on any atom is -0.344 e. The summed E-state index contributed by atoms with van der Waals surface area (Å²) in [6.45, 7) is 0.704. The van der Waals surface area contributed by atoms with Crippen molar-refractivity contribution in [3.63, 3.8) is 0 Å². The standard InChI is InChI=1S/C11H14N4O3/c16-9-3-4-15(5-8-12-6-18-14-8)11(17)10(13-9)7-1-2-7/h6-7,10H,1-5H2,(H,13,16). The van der Waals surface area contributed by atoms with Gasteiger partial charge in [0.1, 0.15) is 6.04 Å². The quantitative estimate of drug-likeness (QED) is 0.795. The van der Waals surface area contributed by atoms with Crippen LogP contribution in [-0.2, 0) is 16.1 Å². The summed E-state index contributed by atoms with van der Waals surface area (Å²) >= 11 is 0. The van der Waals surface area contributed by atoms with Crippen LogP contribution in [0.1, 0.15) is 25.1 Å². The molecule has 18 heavy (non-hydrogen) atoms. The van der Waals surface area contributed by atoms with Crippen LogP contribution < -0.4 is 5.32 Å². The first-order valence-electron chi connectivity index (χ1n) is 6.07. The summed E-state index contributed by atoms with van der Waals surface area (Å²) in [4.78, 5) is 29.4. The van der Waals surface area contributed by atoms with Crippen LogP contribution in [0.25, 0.3) is 0 Å². The van der Waals surface area contributed by atoms with E-state index in [2.05, 4.69) is 20.0 Å². The zero-order valence-corrected chi connectivity index (χ0v) is 9.83. The normalized spacial score (nSPS) is 24.9. The van der Waals surface area contributed by atoms with Gasteiger partial charge in [-0.15, -0.1) is 0 Å². The van der Waals surface area contributed by atoms with Gasteiger partial charge in [0.15, 0.2) is 5.82 Å². The lowest BCUT2D eigenvalue weighted by Gasteiger charge is -2.22. The second-order valence-electron chi connectivity index (χ2n) is 4.74. The molecule has 0 spiro atoms. The highest BCUT2D eigenvalue weighted by atomic mass is 16.5. The highest BCUT2D eigenvalue weighted by molar-refractivity contribution is 5.90. The molecule has 96 valence electrons. The molecule has 2 fully saturated rings. The van der Waals surface area contributed by atoms with Crippen molar-refractivity contribution in [2.24, 2.45) is 5.92 Å². The largest absolute Gasteiger partial charge is 0.344 e. The van der Waals surface area contributed by atoms with E-state index in [0.29, 0.717) is 31.3 Å². The van der Waals surface area contributed by atoms with E-state index in [4.69, 9.17) is 0 Å². The molecule has 1 aromatic heterocycles. The van der Waals surface area contributed by atoms with Crippen molar-refractivity contribution in [1.82, 2.24) is 20.4 Å². The molecule has 1 aliphatic carbocycles. The van der Waals surface area contributed by atoms with Crippen molar-refractivity contribution in [2.45, 2.75) is 31.8 Å². The fourth-order valence-electron chi connectivity index (χ4n) is 2.19. The van der Waals surface area contributed by atoms with Crippen molar-refractivity contribution < 1.29 is 14.1 Å². The van der Waals surface area contributed by atoms with Crippen molar-refractivity contribution in [1.29, 1.82) is 0 Å². The third kappa shape index (κ3) is 2.20. The molecule has 2 heterocycles. The van der Waals surface area contributed by atoms with Crippen molar-refractivity contribution >= 4 is 11.8 Å². The fraction of sp³-hybridized carbons (Fsp3) is 0.636. The number of nitrogens with one attached hydrogen (secondary N) is 1. The maximum absolute atomic E-state index is 12.3. The molecule has 0 radical (unpaired) electrons. The number of aromatic nitrogens is 2. The first-order valence-corrected chi connectivity index (χ1v) is 6.07. The highest BCUT2D eigenvalue weighted by Gasteiger charge is 2.41. The molecule has 1 aliphatic heterocycles. The Balaban J connectivity index is 1.75. The predicted molar refractivity (Wildman–Crippen MR) is 59.0 cm³/mol. The smallest absolute Gasteiger partial charge is 0.245 e. The van der Waals surface area contributed by atoms with E-state index in [1.165, 1.54) is 6.39 Å². The lowest BCUT2D eigenvalue weighted by molar-refractivity contribution is -0.134. The van der Waals surface area contributed by atoms with Crippen LogP contribution in [0.4, 0.5) is 0 Å². The van der Waals surface area contributed by atoms with Gasteiger partial charge in [-0.2, -0.15) is 4.98 Å². The van der Waals surface area contributed by atoms with E-state index in [9.17, 15) is 9.59 Å². The summed E-state index contributed by atoms with van der Waals surface area (Å²) in [5, 5.41) is 6.50. The first kappa shape index (κ1) is 11.2. The molecule has 1 atom stereocenters. The molecule has 7 heteroatoms. The van der Waals surface area contributed by atoms with Gasteiger partial charge in [-0.05, 0) is 18.8 Å². The zero-order chi connectivity index (χ0) is 12.5. The zero-order valence-electron chi connectivity index (χ0n) is 9.83. The maximum atomic E-state index is 12.3. The Labute approximate surface area is 104 Å². The van der Waals surface area contributed by atoms with E-state index in [1.54, 1.807) is 4.90 Å². The summed E-state index contributed by atoms with van der Waals surface area (Å²) in [5.41, 5.74) is 0. The summed E-state index contributed by atoms with van der Waals surface area (Å²) in [6.07, 6.45) is 3.58. The van der Waals surface area contributed by atoms with Gasteiger partial charge in [0, 0.05) is 13.0 Å². The van der Waals surface area contributed by atoms with Crippen LogP contribution in [0.5, 0.6) is 0 Å². The van der Waals surface area contributed by atoms with Crippen LogP contribution >= 0.6 is 0 Å². The molecular weight excluding hydrogens is 236 g/mol. The molecule has 1 aromatic rings. The Morgan fingerprint density at radius 3 is 2.94 bits per heavy atom. The summed E-state index contributed by atoms with van der Waals surface area (Å²) in [7, 11) is 0. The van der Waals surface area contributed by atoms with Gasteiger partial charge in [0.2, 0.25) is 18.2 Å². The van der Waals surface area contributed by atoms with Crippen molar-refractivity contribution in [3.05, 3.63) is 12.2 Å². The van der Waals surface area contributed by atoms with E-state index in [1.807, 2.05) is 0 Å². The maximum Gasteiger partial charge on any atom is 0.245 e. The van der Waals surface area contributed by atoms with Crippen LogP contribution in [0.3, 0.4) is 0 Å². The van der Waals surface area contributed by atoms with Crippen LogP contribution in [0.2, 0.25) is 0 Å². The molecule has 1 saturated heterocycles. The monoisotopic (exact) mass is 250 g/mol. The SMILES string of the molecule is O=C1CCN(Cc2ncon2)C(=O)C(C2CC2)N1. The Bertz CT molecular complexity index is 455. The molecule has 2 aliphatic rings. The summed E-state index contributed by atoms with van der Waals surface area (Å²) in [5.74, 6) is 0.670. The van der Waals surface area contributed by atoms with Crippen LogP contribution in [-0.4, -0.2) is 39.4 Å². The Morgan fingerprint density at radius 2 is 2.28 bits per heavy atom. The van der Waals surface area contributed by atoms with E-state index >= 15 is 0 Å². The first-order chi connectivity index (χ1) is 8.74. The van der Waals surface area contributed by atoms with Gasteiger partial charge in [0.05, 0.1) is 6.54 Å². The predicted octanol–water partition coefficient (Wildman–Crippen LogP) is -0.303. The highest BCUT2D eigenvalue weighted by Crippen LogP contribution is 2.34. The molecule has 7 nitrogen and oxygen atoms in total. The molecular formula is C11H14N4O3. The number of nitrogens with zero attached hydrogens (tertiary/aromatic N) is 3. The Hall–Kier alpha value is -1.92. The van der Waals surface area contributed by atoms with Crippen molar-refractivity contribution in [2.75, 3.05) is 6.54 Å². The number of carbonyl (C=O) groups excluding carboxylic acids is 2. The molecule has 1 unspecified atom stereocenters. The number of carbonyl (C=O) groups is 2. The molecule has 3 rings (SSSR count). The third-order valence-corrected chi connectivity index (χ3v) is 3.34. The van der Waals surface area contributed by atoms with Crippen LogP contribution in [0, 0.1) is 5.92 Å². The Morgan fingerprint density at radius 1 is 1.44 bits per heavy atom. The number of hydrogen-bond acceptors (Lipinski definition) is 5. The topological polar surface area (TPSA) is 88.3 Å². The van der Waals surface area contributed by atoms with Gasteiger partial charge in [-0.25, -0.2) is 0 Å². The lowest BCUT2D eigenvalue weighted by atomic mass is 10.1. The van der Waals surface area contributed by atoms with Gasteiger partial charge >= 0.3 is 0 Å². The lowest BCUT2D eigenvalue weighted by Crippen LogP contribution is -2.45. The second-order valence-corrected chi connectivity index (χ2v) is 4.74. The molecule has 1 N–H and O–H groups in total. The molecule has 0 bridgehead atoms. The average Bonchev–Trinajstić information content (AvgIpc) is 3.09. The number of rotatable bonds is 3. The molecule has 2 amide bonds. The number of amides is 2. The van der Waals surface area contributed by atoms with Gasteiger partial charge in [-0.1, -0.05) is 5.16 Å². The van der Waals surface area contributed by atoms with Gasteiger partial charge < -0.3 is 14.7 Å². The van der Waals surface area contributed by atoms with Gasteiger partial charge in [0.25, 0.3) is 0 Å². The third-order valence-electron chi connectivity index (χ3n) is 3.34. The molecule has 1 saturated carbocycles. The van der Waals surface area contributed by atoms with Crippen LogP contribution in [0.15, 0.2) is 10.9 Å². The molecule has 0 aromatic carbocycles. The van der Waals surface area contributed by atoms with E-state index in [-0.39, 0.29) is 17.9 Å². The summed E-state index contributed by atoms with van der Waals surface area (Å²) in [6, 6.07) is -0.369. The minimum absolute atomic E-state index is 0.0341. The van der Waals surface area contributed by atoms with E-state index < -0.39 is 0 Å². The van der Waals surface area contributed by atoms with E-state index in [0.717, 1.165) is 12.8 Å². The Kier molecular flexibility index (Phi) is 2.73.